The van der Waals surface area contributed by atoms with Crippen molar-refractivity contribution in [3.05, 3.63) is 48.3 Å². The van der Waals surface area contributed by atoms with Crippen LogP contribution in [-0.2, 0) is 9.59 Å². The van der Waals surface area contributed by atoms with E-state index in [9.17, 15) is 14.4 Å². The van der Waals surface area contributed by atoms with Gasteiger partial charge in [0.25, 0.3) is 5.91 Å². The predicted molar refractivity (Wildman–Crippen MR) is 87.5 cm³/mol. The number of rotatable bonds is 8. The number of carboxylic acid groups (broad SMARTS) is 2. The van der Waals surface area contributed by atoms with Crippen LogP contribution in [0.4, 0.5) is 11.6 Å². The van der Waals surface area contributed by atoms with Crippen LogP contribution in [0.3, 0.4) is 0 Å². The molecule has 0 aliphatic carbocycles. The standard InChI is InChI=1S/C16H16N4O5/c21-13(22)7-6-12(15(24)25)20-14(23)10-2-4-11(5-3-10)19-16-17-8-1-9-18-16/h1-5,8-9,12H,6-7H2,(H,20,23)(H,21,22)(H,24,25)(H,17,18,19)/t12-/m0/s1. The first-order valence-electron chi connectivity index (χ1n) is 7.35. The average Bonchev–Trinajstić information content (AvgIpc) is 2.59. The molecular formula is C16H16N4O5. The number of amides is 1. The second-order valence-electron chi connectivity index (χ2n) is 5.07. The Bertz CT molecular complexity index is 749. The third kappa shape index (κ3) is 5.57. The minimum atomic E-state index is -1.28. The molecule has 1 amide bonds. The van der Waals surface area contributed by atoms with Crippen LogP contribution >= 0.6 is 0 Å². The average molecular weight is 344 g/mol. The summed E-state index contributed by atoms with van der Waals surface area (Å²) >= 11 is 0. The SMILES string of the molecule is O=C(O)CC[C@H](NC(=O)c1ccc(Nc2ncccn2)cc1)C(=O)O. The normalized spacial score (nSPS) is 11.4. The second kappa shape index (κ2) is 8.39. The number of hydrogen-bond acceptors (Lipinski definition) is 6. The van der Waals surface area contributed by atoms with Gasteiger partial charge in [0.15, 0.2) is 0 Å². The largest absolute Gasteiger partial charge is 0.481 e. The van der Waals surface area contributed by atoms with Crippen molar-refractivity contribution < 1.29 is 24.6 Å². The van der Waals surface area contributed by atoms with Crippen LogP contribution in [0.1, 0.15) is 23.2 Å². The summed E-state index contributed by atoms with van der Waals surface area (Å²) in [4.78, 5) is 41.8. The van der Waals surface area contributed by atoms with Crippen LogP contribution in [0, 0.1) is 0 Å². The molecule has 1 aromatic heterocycles. The monoisotopic (exact) mass is 344 g/mol. The summed E-state index contributed by atoms with van der Waals surface area (Å²) in [5.41, 5.74) is 0.907. The summed E-state index contributed by atoms with van der Waals surface area (Å²) in [6.07, 6.45) is 2.62. The molecule has 0 saturated carbocycles. The molecule has 1 heterocycles. The lowest BCUT2D eigenvalue weighted by molar-refractivity contribution is -0.140. The number of nitrogens with zero attached hydrogens (tertiary/aromatic N) is 2. The Labute approximate surface area is 142 Å². The summed E-state index contributed by atoms with van der Waals surface area (Å²) in [5.74, 6) is -2.60. The Kier molecular flexibility index (Phi) is 5.99. The Morgan fingerprint density at radius 2 is 1.68 bits per heavy atom. The molecule has 0 aliphatic heterocycles. The van der Waals surface area contributed by atoms with Crippen LogP contribution in [0.5, 0.6) is 0 Å². The minimum Gasteiger partial charge on any atom is -0.481 e. The van der Waals surface area contributed by atoms with Crippen LogP contribution in [0.2, 0.25) is 0 Å². The molecule has 0 radical (unpaired) electrons. The number of aliphatic carboxylic acids is 2. The van der Waals surface area contributed by atoms with Gasteiger partial charge in [0.05, 0.1) is 0 Å². The van der Waals surface area contributed by atoms with E-state index in [0.29, 0.717) is 11.6 Å². The first-order chi connectivity index (χ1) is 12.0. The van der Waals surface area contributed by atoms with Gasteiger partial charge in [-0.3, -0.25) is 9.59 Å². The molecule has 1 atom stereocenters. The summed E-state index contributed by atoms with van der Waals surface area (Å²) in [7, 11) is 0. The van der Waals surface area contributed by atoms with Gasteiger partial charge in [-0.05, 0) is 36.8 Å². The number of anilines is 2. The van der Waals surface area contributed by atoms with Crippen molar-refractivity contribution in [1.82, 2.24) is 15.3 Å². The van der Waals surface area contributed by atoms with Crippen molar-refractivity contribution in [2.45, 2.75) is 18.9 Å². The van der Waals surface area contributed by atoms with Crippen molar-refractivity contribution in [2.24, 2.45) is 0 Å². The molecule has 0 fully saturated rings. The molecule has 2 rings (SSSR count). The van der Waals surface area contributed by atoms with E-state index in [0.717, 1.165) is 0 Å². The van der Waals surface area contributed by atoms with E-state index in [2.05, 4.69) is 20.6 Å². The minimum absolute atomic E-state index is 0.193. The molecule has 9 heteroatoms. The highest BCUT2D eigenvalue weighted by Gasteiger charge is 2.21. The molecule has 2 aromatic rings. The van der Waals surface area contributed by atoms with Crippen molar-refractivity contribution in [2.75, 3.05) is 5.32 Å². The number of hydrogen-bond donors (Lipinski definition) is 4. The number of aromatic nitrogens is 2. The van der Waals surface area contributed by atoms with E-state index in [-0.39, 0.29) is 18.4 Å². The van der Waals surface area contributed by atoms with E-state index in [1.807, 2.05) is 0 Å². The molecule has 25 heavy (non-hydrogen) atoms. The highest BCUT2D eigenvalue weighted by atomic mass is 16.4. The van der Waals surface area contributed by atoms with Gasteiger partial charge in [-0.15, -0.1) is 0 Å². The third-order valence-corrected chi connectivity index (χ3v) is 3.22. The Morgan fingerprint density at radius 1 is 1.04 bits per heavy atom. The first kappa shape index (κ1) is 17.9. The van der Waals surface area contributed by atoms with Gasteiger partial charge in [0.1, 0.15) is 6.04 Å². The fourth-order valence-corrected chi connectivity index (χ4v) is 1.96. The van der Waals surface area contributed by atoms with Gasteiger partial charge >= 0.3 is 11.9 Å². The molecule has 9 nitrogen and oxygen atoms in total. The number of carbonyl (C=O) groups excluding carboxylic acids is 1. The maximum Gasteiger partial charge on any atom is 0.326 e. The molecule has 1 aromatic carbocycles. The van der Waals surface area contributed by atoms with Crippen LogP contribution < -0.4 is 10.6 Å². The molecule has 0 bridgehead atoms. The maximum absolute atomic E-state index is 12.1. The van der Waals surface area contributed by atoms with Crippen molar-refractivity contribution in [1.29, 1.82) is 0 Å². The van der Waals surface area contributed by atoms with Crippen molar-refractivity contribution >= 4 is 29.5 Å². The Morgan fingerprint density at radius 3 is 2.24 bits per heavy atom. The lowest BCUT2D eigenvalue weighted by atomic mass is 10.1. The highest BCUT2D eigenvalue weighted by Crippen LogP contribution is 2.13. The maximum atomic E-state index is 12.1. The van der Waals surface area contributed by atoms with Gasteiger partial charge in [0.2, 0.25) is 5.95 Å². The molecule has 0 saturated heterocycles. The summed E-state index contributed by atoms with van der Waals surface area (Å²) in [6.45, 7) is 0. The molecular weight excluding hydrogens is 328 g/mol. The van der Waals surface area contributed by atoms with E-state index >= 15 is 0 Å². The van der Waals surface area contributed by atoms with Gasteiger partial charge < -0.3 is 20.8 Å². The number of nitrogens with one attached hydrogen (secondary N) is 2. The highest BCUT2D eigenvalue weighted by molar-refractivity contribution is 5.97. The quantitative estimate of drug-likeness (QED) is 0.561. The van der Waals surface area contributed by atoms with Crippen LogP contribution in [0.15, 0.2) is 42.7 Å². The molecule has 0 unspecified atom stereocenters. The number of carboxylic acids is 2. The summed E-state index contributed by atoms with van der Waals surface area (Å²) < 4.78 is 0. The zero-order valence-corrected chi connectivity index (χ0v) is 13.0. The number of benzene rings is 1. The predicted octanol–water partition coefficient (Wildman–Crippen LogP) is 1.27. The topological polar surface area (TPSA) is 142 Å². The summed E-state index contributed by atoms with van der Waals surface area (Å²) in [5, 5.41) is 22.9. The van der Waals surface area contributed by atoms with Crippen LogP contribution in [-0.4, -0.2) is 44.1 Å². The van der Waals surface area contributed by atoms with Gasteiger partial charge in [-0.25, -0.2) is 14.8 Å². The number of carbonyl (C=O) groups is 3. The summed E-state index contributed by atoms with van der Waals surface area (Å²) in [6, 6.07) is 6.69. The van der Waals surface area contributed by atoms with Crippen molar-refractivity contribution in [3.63, 3.8) is 0 Å². The lowest BCUT2D eigenvalue weighted by Crippen LogP contribution is -2.41. The van der Waals surface area contributed by atoms with E-state index in [1.165, 1.54) is 12.1 Å². The van der Waals surface area contributed by atoms with Gasteiger partial charge in [0, 0.05) is 30.1 Å². The molecule has 4 N–H and O–H groups in total. The molecule has 130 valence electrons. The molecule has 0 aliphatic rings. The van der Waals surface area contributed by atoms with Crippen LogP contribution in [0.25, 0.3) is 0 Å². The van der Waals surface area contributed by atoms with E-state index < -0.39 is 23.9 Å². The Hall–Kier alpha value is -3.49. The molecule has 0 spiro atoms. The third-order valence-electron chi connectivity index (χ3n) is 3.22. The van der Waals surface area contributed by atoms with E-state index in [4.69, 9.17) is 10.2 Å². The smallest absolute Gasteiger partial charge is 0.326 e. The van der Waals surface area contributed by atoms with Gasteiger partial charge in [-0.2, -0.15) is 0 Å². The first-order valence-corrected chi connectivity index (χ1v) is 7.35. The Balaban J connectivity index is 1.99. The fraction of sp³-hybridized carbons (Fsp3) is 0.188. The van der Waals surface area contributed by atoms with Gasteiger partial charge in [-0.1, -0.05) is 0 Å². The lowest BCUT2D eigenvalue weighted by Gasteiger charge is -2.13. The van der Waals surface area contributed by atoms with E-state index in [1.54, 1.807) is 30.6 Å². The fourth-order valence-electron chi connectivity index (χ4n) is 1.96. The second-order valence-corrected chi connectivity index (χ2v) is 5.07. The zero-order valence-electron chi connectivity index (χ0n) is 13.0. The van der Waals surface area contributed by atoms with Crippen molar-refractivity contribution in [3.8, 4) is 0 Å². The zero-order chi connectivity index (χ0) is 18.2.